The van der Waals surface area contributed by atoms with Crippen LogP contribution in [0.4, 0.5) is 0 Å². The summed E-state index contributed by atoms with van der Waals surface area (Å²) in [6, 6.07) is 21.0. The zero-order chi connectivity index (χ0) is 17.9. The Balaban J connectivity index is 1.75. The van der Waals surface area contributed by atoms with E-state index in [1.807, 2.05) is 60.7 Å². The first-order valence-electron chi connectivity index (χ1n) is 8.17. The van der Waals surface area contributed by atoms with Crippen LogP contribution in [0.2, 0.25) is 0 Å². The normalized spacial score (nSPS) is 10.8. The lowest BCUT2D eigenvalue weighted by Crippen LogP contribution is -2.23. The molecule has 0 aliphatic heterocycles. The first-order chi connectivity index (χ1) is 12.7. The van der Waals surface area contributed by atoms with E-state index in [-0.39, 0.29) is 5.91 Å². The van der Waals surface area contributed by atoms with Crippen molar-refractivity contribution >= 4 is 32.7 Å². The number of amides is 1. The minimum Gasteiger partial charge on any atom is -0.467 e. The maximum absolute atomic E-state index is 12.8. The molecule has 0 unspecified atom stereocenters. The minimum absolute atomic E-state index is 0.156. The van der Waals surface area contributed by atoms with Crippen LogP contribution in [0.15, 0.2) is 81.9 Å². The Morgan fingerprint density at radius 3 is 2.73 bits per heavy atom. The van der Waals surface area contributed by atoms with Gasteiger partial charge in [-0.1, -0.05) is 46.3 Å². The fourth-order valence-electron chi connectivity index (χ4n) is 2.83. The second-order valence-electron chi connectivity index (χ2n) is 5.84. The molecule has 0 atom stereocenters. The zero-order valence-electron chi connectivity index (χ0n) is 13.8. The standard InChI is InChI=1S/C21H15BrN2O2/c22-15-6-3-5-14(11-15)20-12-18(17-8-1-2-9-19(17)24-20)21(25)23-13-16-7-4-10-26-16/h1-12H,13H2,(H,23,25). The molecule has 0 radical (unpaired) electrons. The molecule has 4 rings (SSSR count). The van der Waals surface area contributed by atoms with Gasteiger partial charge in [-0.2, -0.15) is 0 Å². The van der Waals surface area contributed by atoms with E-state index in [1.165, 1.54) is 0 Å². The van der Waals surface area contributed by atoms with E-state index in [1.54, 1.807) is 12.3 Å². The van der Waals surface area contributed by atoms with Gasteiger partial charge in [0.05, 0.1) is 29.6 Å². The number of para-hydroxylation sites is 1. The molecule has 0 aliphatic carbocycles. The molecule has 0 saturated carbocycles. The third-order valence-electron chi connectivity index (χ3n) is 4.08. The average Bonchev–Trinajstić information content (AvgIpc) is 3.19. The van der Waals surface area contributed by atoms with Gasteiger partial charge in [-0.3, -0.25) is 4.79 Å². The van der Waals surface area contributed by atoms with E-state index in [9.17, 15) is 4.79 Å². The lowest BCUT2D eigenvalue weighted by Gasteiger charge is -2.10. The number of nitrogens with zero attached hydrogens (tertiary/aromatic N) is 1. The van der Waals surface area contributed by atoms with Crippen molar-refractivity contribution in [1.82, 2.24) is 10.3 Å². The molecule has 1 amide bonds. The number of carbonyl (C=O) groups excluding carboxylic acids is 1. The molecular weight excluding hydrogens is 392 g/mol. The van der Waals surface area contributed by atoms with E-state index < -0.39 is 0 Å². The van der Waals surface area contributed by atoms with Crippen molar-refractivity contribution in [3.8, 4) is 11.3 Å². The van der Waals surface area contributed by atoms with E-state index in [4.69, 9.17) is 9.40 Å². The largest absolute Gasteiger partial charge is 0.467 e. The maximum atomic E-state index is 12.8. The Morgan fingerprint density at radius 2 is 1.92 bits per heavy atom. The Bertz CT molecular complexity index is 1070. The van der Waals surface area contributed by atoms with Crippen LogP contribution in [0.3, 0.4) is 0 Å². The van der Waals surface area contributed by atoms with Crippen molar-refractivity contribution in [3.05, 3.63) is 88.8 Å². The summed E-state index contributed by atoms with van der Waals surface area (Å²) in [4.78, 5) is 17.5. The molecule has 2 heterocycles. The highest BCUT2D eigenvalue weighted by atomic mass is 79.9. The van der Waals surface area contributed by atoms with Gasteiger partial charge in [0.15, 0.2) is 0 Å². The van der Waals surface area contributed by atoms with Crippen molar-refractivity contribution in [2.75, 3.05) is 0 Å². The predicted molar refractivity (Wildman–Crippen MR) is 105 cm³/mol. The van der Waals surface area contributed by atoms with E-state index in [2.05, 4.69) is 21.2 Å². The molecular formula is C21H15BrN2O2. The molecule has 0 saturated heterocycles. The Hall–Kier alpha value is -2.92. The maximum Gasteiger partial charge on any atom is 0.252 e. The number of pyridine rings is 1. The highest BCUT2D eigenvalue weighted by molar-refractivity contribution is 9.10. The van der Waals surface area contributed by atoms with Crippen molar-refractivity contribution in [1.29, 1.82) is 0 Å². The van der Waals surface area contributed by atoms with Crippen LogP contribution in [0, 0.1) is 0 Å². The second kappa shape index (κ2) is 7.14. The third-order valence-corrected chi connectivity index (χ3v) is 4.58. The molecule has 2 aromatic carbocycles. The number of carbonyl (C=O) groups is 1. The fourth-order valence-corrected chi connectivity index (χ4v) is 3.23. The summed E-state index contributed by atoms with van der Waals surface area (Å²) < 4.78 is 6.25. The number of halogens is 1. The van der Waals surface area contributed by atoms with Crippen molar-refractivity contribution < 1.29 is 9.21 Å². The topological polar surface area (TPSA) is 55.1 Å². The summed E-state index contributed by atoms with van der Waals surface area (Å²) >= 11 is 3.49. The van der Waals surface area contributed by atoms with Gasteiger partial charge in [0.1, 0.15) is 5.76 Å². The lowest BCUT2D eigenvalue weighted by molar-refractivity contribution is 0.0949. The number of hydrogen-bond donors (Lipinski definition) is 1. The quantitative estimate of drug-likeness (QED) is 0.507. The number of hydrogen-bond acceptors (Lipinski definition) is 3. The first kappa shape index (κ1) is 16.5. The summed E-state index contributed by atoms with van der Waals surface area (Å²) in [6.07, 6.45) is 1.59. The fraction of sp³-hybridized carbons (Fsp3) is 0.0476. The van der Waals surface area contributed by atoms with Gasteiger partial charge in [0.25, 0.3) is 5.91 Å². The van der Waals surface area contributed by atoms with Gasteiger partial charge in [-0.25, -0.2) is 4.98 Å². The number of benzene rings is 2. The molecule has 1 N–H and O–H groups in total. The minimum atomic E-state index is -0.156. The van der Waals surface area contributed by atoms with Crippen LogP contribution in [-0.4, -0.2) is 10.9 Å². The van der Waals surface area contributed by atoms with Crippen LogP contribution >= 0.6 is 15.9 Å². The van der Waals surface area contributed by atoms with Crippen LogP contribution in [-0.2, 0) is 6.54 Å². The monoisotopic (exact) mass is 406 g/mol. The van der Waals surface area contributed by atoms with Gasteiger partial charge in [-0.05, 0) is 36.4 Å². The Morgan fingerprint density at radius 1 is 1.04 bits per heavy atom. The molecule has 2 aromatic heterocycles. The lowest BCUT2D eigenvalue weighted by atomic mass is 10.0. The third kappa shape index (κ3) is 3.39. The summed E-state index contributed by atoms with van der Waals surface area (Å²) in [7, 11) is 0. The highest BCUT2D eigenvalue weighted by Crippen LogP contribution is 2.26. The smallest absolute Gasteiger partial charge is 0.252 e. The van der Waals surface area contributed by atoms with Crippen molar-refractivity contribution in [3.63, 3.8) is 0 Å². The number of rotatable bonds is 4. The van der Waals surface area contributed by atoms with Gasteiger partial charge in [0, 0.05) is 15.4 Å². The summed E-state index contributed by atoms with van der Waals surface area (Å²) in [5.41, 5.74) is 3.09. The highest BCUT2D eigenvalue weighted by Gasteiger charge is 2.14. The van der Waals surface area contributed by atoms with E-state index in [0.29, 0.717) is 17.9 Å². The Labute approximate surface area is 159 Å². The van der Waals surface area contributed by atoms with Crippen LogP contribution in [0.1, 0.15) is 16.1 Å². The predicted octanol–water partition coefficient (Wildman–Crippen LogP) is 5.19. The molecule has 4 nitrogen and oxygen atoms in total. The number of nitrogens with one attached hydrogen (secondary N) is 1. The molecule has 0 bridgehead atoms. The average molecular weight is 407 g/mol. The molecule has 128 valence electrons. The molecule has 0 fully saturated rings. The molecule has 0 aliphatic rings. The van der Waals surface area contributed by atoms with Gasteiger partial charge in [-0.15, -0.1) is 0 Å². The molecule has 26 heavy (non-hydrogen) atoms. The number of aromatic nitrogens is 1. The molecule has 0 spiro atoms. The number of fused-ring (bicyclic) bond motifs is 1. The van der Waals surface area contributed by atoms with E-state index >= 15 is 0 Å². The van der Waals surface area contributed by atoms with Gasteiger partial charge >= 0.3 is 0 Å². The van der Waals surface area contributed by atoms with Crippen molar-refractivity contribution in [2.24, 2.45) is 0 Å². The molecule has 4 aromatic rings. The summed E-state index contributed by atoms with van der Waals surface area (Å²) in [6.45, 7) is 0.342. The van der Waals surface area contributed by atoms with Crippen LogP contribution in [0.25, 0.3) is 22.2 Å². The SMILES string of the molecule is O=C(NCc1ccco1)c1cc(-c2cccc(Br)c2)nc2ccccc12. The van der Waals surface area contributed by atoms with Crippen molar-refractivity contribution in [2.45, 2.75) is 6.54 Å². The van der Waals surface area contributed by atoms with Gasteiger partial charge in [0.2, 0.25) is 0 Å². The summed E-state index contributed by atoms with van der Waals surface area (Å²) in [5.74, 6) is 0.556. The zero-order valence-corrected chi connectivity index (χ0v) is 15.4. The summed E-state index contributed by atoms with van der Waals surface area (Å²) in [5, 5.41) is 3.74. The number of furan rings is 1. The second-order valence-corrected chi connectivity index (χ2v) is 6.76. The van der Waals surface area contributed by atoms with Crippen LogP contribution < -0.4 is 5.32 Å². The van der Waals surface area contributed by atoms with Gasteiger partial charge < -0.3 is 9.73 Å². The first-order valence-corrected chi connectivity index (χ1v) is 8.96. The Kier molecular flexibility index (Phi) is 4.54. The van der Waals surface area contributed by atoms with Crippen LogP contribution in [0.5, 0.6) is 0 Å². The van der Waals surface area contributed by atoms with E-state index in [0.717, 1.165) is 26.6 Å². The molecule has 5 heteroatoms.